The topological polar surface area (TPSA) is 36.4 Å². The average Bonchev–Trinajstić information content (AvgIpc) is 2.32. The predicted molar refractivity (Wildman–Crippen MR) is 78.3 cm³/mol. The molecule has 0 saturated heterocycles. The van der Waals surface area contributed by atoms with Crippen LogP contribution in [0.4, 0.5) is 10.1 Å². The van der Waals surface area contributed by atoms with E-state index in [1.807, 2.05) is 6.92 Å². The molecule has 0 saturated carbocycles. The number of hydrazone groups is 1. The monoisotopic (exact) mass is 267 g/mol. The largest absolute Gasteiger partial charge is 0.329 e. The number of benzene rings is 1. The normalized spacial score (nSPS) is 11.5. The Morgan fingerprint density at radius 3 is 2.61 bits per heavy atom. The maximum Gasteiger partial charge on any atom is 0.191 e. The lowest BCUT2D eigenvalue weighted by Gasteiger charge is -2.11. The summed E-state index contributed by atoms with van der Waals surface area (Å²) in [6, 6.07) is 6.36. The third kappa shape index (κ3) is 4.41. The van der Waals surface area contributed by atoms with Crippen LogP contribution in [0.2, 0.25) is 0 Å². The fourth-order valence-corrected chi connectivity index (χ4v) is 1.61. The summed E-state index contributed by atoms with van der Waals surface area (Å²) in [6.07, 6.45) is 0.854. The second-order valence-corrected chi connectivity index (χ2v) is 4.57. The van der Waals surface area contributed by atoms with E-state index in [4.69, 9.17) is 12.2 Å². The summed E-state index contributed by atoms with van der Waals surface area (Å²) in [5, 5.41) is 7.26. The van der Waals surface area contributed by atoms with E-state index in [2.05, 4.69) is 29.7 Å². The van der Waals surface area contributed by atoms with Gasteiger partial charge in [0.25, 0.3) is 0 Å². The lowest BCUT2D eigenvalue weighted by atomic mass is 10.1. The summed E-state index contributed by atoms with van der Waals surface area (Å²) < 4.78 is 13.4. The maximum atomic E-state index is 13.4. The van der Waals surface area contributed by atoms with Gasteiger partial charge in [-0.2, -0.15) is 5.10 Å². The van der Waals surface area contributed by atoms with Gasteiger partial charge in [0.2, 0.25) is 0 Å². The van der Waals surface area contributed by atoms with E-state index in [1.165, 1.54) is 6.07 Å². The molecule has 1 rings (SSSR count). The van der Waals surface area contributed by atoms with Crippen molar-refractivity contribution in [1.82, 2.24) is 5.43 Å². The minimum atomic E-state index is -0.342. The Balaban J connectivity index is 2.60. The molecule has 0 heterocycles. The van der Waals surface area contributed by atoms with Crippen LogP contribution in [0, 0.1) is 11.7 Å². The molecule has 0 amide bonds. The summed E-state index contributed by atoms with van der Waals surface area (Å²) in [5.74, 6) is 0.0176. The lowest BCUT2D eigenvalue weighted by molar-refractivity contribution is 0.632. The standard InChI is InChI=1S/C13H18FN3S/c1-4-11(9(2)3)16-17-13(18)15-12-8-6-5-7-10(12)14/h5-9H,4H2,1-3H3,(H2,15,17,18)/b16-11-. The highest BCUT2D eigenvalue weighted by Gasteiger charge is 2.04. The van der Waals surface area contributed by atoms with Crippen molar-refractivity contribution in [2.24, 2.45) is 11.0 Å². The molecule has 1 aromatic carbocycles. The Morgan fingerprint density at radius 2 is 2.06 bits per heavy atom. The van der Waals surface area contributed by atoms with Crippen LogP contribution >= 0.6 is 12.2 Å². The Bertz CT molecular complexity index is 444. The molecule has 0 atom stereocenters. The highest BCUT2D eigenvalue weighted by Crippen LogP contribution is 2.11. The van der Waals surface area contributed by atoms with Crippen molar-refractivity contribution in [3.63, 3.8) is 0 Å². The molecule has 0 bridgehead atoms. The number of thiocarbonyl (C=S) groups is 1. The van der Waals surface area contributed by atoms with Crippen molar-refractivity contribution in [2.75, 3.05) is 5.32 Å². The lowest BCUT2D eigenvalue weighted by Crippen LogP contribution is -2.26. The van der Waals surface area contributed by atoms with Crippen LogP contribution in [0.1, 0.15) is 27.2 Å². The third-order valence-corrected chi connectivity index (χ3v) is 2.65. The van der Waals surface area contributed by atoms with Crippen LogP contribution in [-0.4, -0.2) is 10.8 Å². The molecule has 0 aliphatic rings. The SMILES string of the molecule is CC/C(=N/NC(=S)Nc1ccccc1F)C(C)C. The fraction of sp³-hybridized carbons (Fsp3) is 0.385. The van der Waals surface area contributed by atoms with Crippen molar-refractivity contribution in [3.05, 3.63) is 30.1 Å². The van der Waals surface area contributed by atoms with E-state index in [0.29, 0.717) is 11.6 Å². The van der Waals surface area contributed by atoms with Crippen molar-refractivity contribution < 1.29 is 4.39 Å². The molecular weight excluding hydrogens is 249 g/mol. The van der Waals surface area contributed by atoms with Crippen LogP contribution in [0.25, 0.3) is 0 Å². The zero-order chi connectivity index (χ0) is 13.5. The highest BCUT2D eigenvalue weighted by molar-refractivity contribution is 7.80. The Hall–Kier alpha value is -1.49. The first-order valence-electron chi connectivity index (χ1n) is 5.92. The van der Waals surface area contributed by atoms with Gasteiger partial charge >= 0.3 is 0 Å². The molecule has 0 fully saturated rings. The van der Waals surface area contributed by atoms with Crippen molar-refractivity contribution in [2.45, 2.75) is 27.2 Å². The molecule has 3 nitrogen and oxygen atoms in total. The summed E-state index contributed by atoms with van der Waals surface area (Å²) in [7, 11) is 0. The van der Waals surface area contributed by atoms with Gasteiger partial charge in [0.15, 0.2) is 5.11 Å². The zero-order valence-electron chi connectivity index (χ0n) is 10.8. The molecule has 0 spiro atoms. The van der Waals surface area contributed by atoms with Gasteiger partial charge in [-0.15, -0.1) is 0 Å². The van der Waals surface area contributed by atoms with E-state index in [0.717, 1.165) is 12.1 Å². The van der Waals surface area contributed by atoms with Gasteiger partial charge in [-0.05, 0) is 36.7 Å². The molecule has 5 heteroatoms. The number of hydrogen-bond acceptors (Lipinski definition) is 2. The summed E-state index contributed by atoms with van der Waals surface area (Å²) in [4.78, 5) is 0. The van der Waals surface area contributed by atoms with Crippen LogP contribution in [-0.2, 0) is 0 Å². The van der Waals surface area contributed by atoms with E-state index < -0.39 is 0 Å². The fourth-order valence-electron chi connectivity index (χ4n) is 1.45. The van der Waals surface area contributed by atoms with Crippen LogP contribution < -0.4 is 10.7 Å². The summed E-state index contributed by atoms with van der Waals surface area (Å²) >= 11 is 5.05. The highest BCUT2D eigenvalue weighted by atomic mass is 32.1. The van der Waals surface area contributed by atoms with Gasteiger partial charge < -0.3 is 5.32 Å². The minimum absolute atomic E-state index is 0.284. The average molecular weight is 267 g/mol. The number of hydrogen-bond donors (Lipinski definition) is 2. The molecule has 0 radical (unpaired) electrons. The van der Waals surface area contributed by atoms with E-state index in [-0.39, 0.29) is 10.9 Å². The molecule has 0 unspecified atom stereocenters. The number of anilines is 1. The van der Waals surface area contributed by atoms with E-state index in [9.17, 15) is 4.39 Å². The first-order chi connectivity index (χ1) is 8.54. The maximum absolute atomic E-state index is 13.4. The predicted octanol–water partition coefficient (Wildman–Crippen LogP) is 3.53. The number of rotatable bonds is 4. The first kappa shape index (κ1) is 14.6. The molecule has 98 valence electrons. The van der Waals surface area contributed by atoms with E-state index in [1.54, 1.807) is 18.2 Å². The van der Waals surface area contributed by atoms with Gasteiger partial charge in [0.05, 0.1) is 5.69 Å². The van der Waals surface area contributed by atoms with Gasteiger partial charge in [-0.3, -0.25) is 5.43 Å². The third-order valence-electron chi connectivity index (χ3n) is 2.45. The second-order valence-electron chi connectivity index (χ2n) is 4.16. The van der Waals surface area contributed by atoms with Crippen LogP contribution in [0.15, 0.2) is 29.4 Å². The Labute approximate surface area is 112 Å². The Kier molecular flexibility index (Phi) is 5.71. The number of para-hydroxylation sites is 1. The molecule has 1 aromatic rings. The zero-order valence-corrected chi connectivity index (χ0v) is 11.6. The quantitative estimate of drug-likeness (QED) is 0.498. The van der Waals surface area contributed by atoms with Crippen molar-refractivity contribution in [1.29, 1.82) is 0 Å². The molecule has 0 aliphatic heterocycles. The van der Waals surface area contributed by atoms with Crippen LogP contribution in [0.5, 0.6) is 0 Å². The first-order valence-corrected chi connectivity index (χ1v) is 6.33. The molecule has 0 aliphatic carbocycles. The number of nitrogens with one attached hydrogen (secondary N) is 2. The Morgan fingerprint density at radius 1 is 1.39 bits per heavy atom. The summed E-state index contributed by atoms with van der Waals surface area (Å²) in [5.41, 5.74) is 4.09. The number of nitrogens with zero attached hydrogens (tertiary/aromatic N) is 1. The smallest absolute Gasteiger partial charge is 0.191 e. The van der Waals surface area contributed by atoms with Gasteiger partial charge in [0, 0.05) is 5.71 Å². The molecule has 18 heavy (non-hydrogen) atoms. The van der Waals surface area contributed by atoms with Gasteiger partial charge in [-0.1, -0.05) is 32.9 Å². The van der Waals surface area contributed by atoms with Crippen molar-refractivity contribution >= 4 is 28.7 Å². The molecule has 0 aromatic heterocycles. The van der Waals surface area contributed by atoms with E-state index >= 15 is 0 Å². The van der Waals surface area contributed by atoms with Gasteiger partial charge in [-0.25, -0.2) is 4.39 Å². The van der Waals surface area contributed by atoms with Gasteiger partial charge in [0.1, 0.15) is 5.82 Å². The second kappa shape index (κ2) is 7.06. The van der Waals surface area contributed by atoms with Crippen molar-refractivity contribution in [3.8, 4) is 0 Å². The summed E-state index contributed by atoms with van der Waals surface area (Å²) in [6.45, 7) is 6.17. The minimum Gasteiger partial charge on any atom is -0.329 e. The molecule has 2 N–H and O–H groups in total. The molecular formula is C13H18FN3S. The van der Waals surface area contributed by atoms with Crippen LogP contribution in [0.3, 0.4) is 0 Å². The number of halogens is 1.